The molecule has 0 radical (unpaired) electrons. The van der Waals surface area contributed by atoms with Gasteiger partial charge in [0, 0.05) is 17.8 Å². The van der Waals surface area contributed by atoms with Crippen LogP contribution >= 0.6 is 0 Å². The van der Waals surface area contributed by atoms with Crippen LogP contribution < -0.4 is 4.90 Å². The molecule has 2 aromatic carbocycles. The minimum atomic E-state index is -4.70. The minimum Gasteiger partial charge on any atom is -0.308 e. The van der Waals surface area contributed by atoms with E-state index in [-0.39, 0.29) is 11.4 Å². The molecule has 3 rings (SSSR count). The van der Waals surface area contributed by atoms with Gasteiger partial charge >= 0.3 is 5.76 Å². The molecule has 1 amide bonds. The van der Waals surface area contributed by atoms with Crippen LogP contribution in [0.15, 0.2) is 47.4 Å². The quantitative estimate of drug-likeness (QED) is 0.833. The Kier molecular flexibility index (Phi) is 4.55. The number of aryl methyl sites for hydroxylation is 1. The van der Waals surface area contributed by atoms with E-state index < -0.39 is 26.4 Å². The molecule has 8 heteroatoms. The van der Waals surface area contributed by atoms with Crippen LogP contribution in [0.2, 0.25) is 0 Å². The number of hydrogen-bond acceptors (Lipinski definition) is 3. The van der Waals surface area contributed by atoms with Crippen molar-refractivity contribution in [2.75, 3.05) is 11.4 Å². The molecule has 0 aromatic heterocycles. The molecule has 132 valence electrons. The molecule has 2 aromatic rings. The van der Waals surface area contributed by atoms with Crippen molar-refractivity contribution in [1.29, 1.82) is 0 Å². The van der Waals surface area contributed by atoms with Gasteiger partial charge < -0.3 is 4.90 Å². The first-order valence-electron chi connectivity index (χ1n) is 7.53. The lowest BCUT2D eigenvalue weighted by Crippen LogP contribution is -2.35. The number of benzene rings is 2. The van der Waals surface area contributed by atoms with Crippen molar-refractivity contribution < 1.29 is 26.4 Å². The number of carbonyl (C=O) groups is 1. The Hall–Kier alpha value is -2.35. The third-order valence-electron chi connectivity index (χ3n) is 4.07. The van der Waals surface area contributed by atoms with Gasteiger partial charge in [0.15, 0.2) is 0 Å². The molecule has 0 N–H and O–H groups in total. The molecule has 0 spiro atoms. The molecule has 0 unspecified atom stereocenters. The molecular formula is C17H14F3NO3S. The first-order valence-corrected chi connectivity index (χ1v) is 9.08. The molecule has 1 aliphatic heterocycles. The number of alkyl halides is 2. The van der Waals surface area contributed by atoms with E-state index in [1.165, 1.54) is 35.2 Å². The standard InChI is InChI=1S/C17H14F3NO3S/c18-13-5-8-15-12(10-13)2-1-9-21(15)16(22)11-3-6-14(7-4-11)25(23,24)17(19)20/h3-8,10,17H,1-2,9H2. The maximum absolute atomic E-state index is 13.3. The Bertz CT molecular complexity index is 911. The average molecular weight is 369 g/mol. The fourth-order valence-corrected chi connectivity index (χ4v) is 3.54. The number of anilines is 1. The van der Waals surface area contributed by atoms with E-state index in [2.05, 4.69) is 0 Å². The first-order chi connectivity index (χ1) is 11.8. The van der Waals surface area contributed by atoms with E-state index in [1.54, 1.807) is 0 Å². The number of halogens is 3. The number of fused-ring (bicyclic) bond motifs is 1. The minimum absolute atomic E-state index is 0.172. The third-order valence-corrected chi connectivity index (χ3v) is 5.47. The molecule has 0 saturated heterocycles. The van der Waals surface area contributed by atoms with E-state index in [4.69, 9.17) is 0 Å². The second kappa shape index (κ2) is 6.51. The van der Waals surface area contributed by atoms with Gasteiger partial charge in [0.2, 0.25) is 9.84 Å². The molecule has 1 heterocycles. The number of amides is 1. The summed E-state index contributed by atoms with van der Waals surface area (Å²) in [6.45, 7) is 0.439. The monoisotopic (exact) mass is 369 g/mol. The zero-order chi connectivity index (χ0) is 18.2. The van der Waals surface area contributed by atoms with Gasteiger partial charge in [-0.05, 0) is 60.9 Å². The highest BCUT2D eigenvalue weighted by molar-refractivity contribution is 7.91. The number of nitrogens with zero attached hydrogens (tertiary/aromatic N) is 1. The second-order valence-electron chi connectivity index (χ2n) is 5.66. The van der Waals surface area contributed by atoms with Crippen molar-refractivity contribution in [3.05, 3.63) is 59.4 Å². The van der Waals surface area contributed by atoms with Crippen LogP contribution in [-0.2, 0) is 16.3 Å². The molecule has 0 saturated carbocycles. The second-order valence-corrected chi connectivity index (χ2v) is 7.58. The molecule has 0 atom stereocenters. The fourth-order valence-electron chi connectivity index (χ4n) is 2.82. The Morgan fingerprint density at radius 2 is 1.76 bits per heavy atom. The number of carbonyl (C=O) groups excluding carboxylic acids is 1. The van der Waals surface area contributed by atoms with E-state index >= 15 is 0 Å². The van der Waals surface area contributed by atoms with Gasteiger partial charge in [0.05, 0.1) is 4.90 Å². The van der Waals surface area contributed by atoms with Gasteiger partial charge in [-0.25, -0.2) is 12.8 Å². The van der Waals surface area contributed by atoms with E-state index in [0.717, 1.165) is 17.7 Å². The van der Waals surface area contributed by atoms with Crippen LogP contribution in [0, 0.1) is 5.82 Å². The van der Waals surface area contributed by atoms with Crippen molar-refractivity contribution in [2.45, 2.75) is 23.5 Å². The Morgan fingerprint density at radius 3 is 2.40 bits per heavy atom. The maximum Gasteiger partial charge on any atom is 0.341 e. The summed E-state index contributed by atoms with van der Waals surface area (Å²) >= 11 is 0. The summed E-state index contributed by atoms with van der Waals surface area (Å²) in [5.74, 6) is -4.29. The summed E-state index contributed by atoms with van der Waals surface area (Å²) in [6, 6.07) is 8.56. The number of hydrogen-bond donors (Lipinski definition) is 0. The SMILES string of the molecule is O=C(c1ccc(S(=O)(=O)C(F)F)cc1)N1CCCc2cc(F)ccc21. The molecule has 0 fully saturated rings. The van der Waals surface area contributed by atoms with E-state index in [1.807, 2.05) is 0 Å². The third kappa shape index (κ3) is 3.26. The lowest BCUT2D eigenvalue weighted by molar-refractivity contribution is 0.0985. The molecule has 1 aliphatic rings. The molecule has 4 nitrogen and oxygen atoms in total. The largest absolute Gasteiger partial charge is 0.341 e. The highest BCUT2D eigenvalue weighted by atomic mass is 32.2. The van der Waals surface area contributed by atoms with Crippen molar-refractivity contribution in [1.82, 2.24) is 0 Å². The van der Waals surface area contributed by atoms with Gasteiger partial charge in [0.1, 0.15) is 5.82 Å². The average Bonchev–Trinajstić information content (AvgIpc) is 2.60. The van der Waals surface area contributed by atoms with Crippen LogP contribution in [0.25, 0.3) is 0 Å². The van der Waals surface area contributed by atoms with Crippen molar-refractivity contribution in [3.63, 3.8) is 0 Å². The summed E-state index contributed by atoms with van der Waals surface area (Å²) in [5, 5.41) is 0. The fraction of sp³-hybridized carbons (Fsp3) is 0.235. The van der Waals surface area contributed by atoms with Gasteiger partial charge in [0.25, 0.3) is 5.91 Å². The van der Waals surface area contributed by atoms with Crippen molar-refractivity contribution in [3.8, 4) is 0 Å². The number of rotatable bonds is 3. The zero-order valence-electron chi connectivity index (χ0n) is 13.0. The predicted molar refractivity (Wildman–Crippen MR) is 86.0 cm³/mol. The lowest BCUT2D eigenvalue weighted by Gasteiger charge is -2.29. The van der Waals surface area contributed by atoms with Gasteiger partial charge in [-0.1, -0.05) is 0 Å². The van der Waals surface area contributed by atoms with Crippen molar-refractivity contribution >= 4 is 21.4 Å². The van der Waals surface area contributed by atoms with Gasteiger partial charge in [-0.2, -0.15) is 8.78 Å². The smallest absolute Gasteiger partial charge is 0.308 e. The van der Waals surface area contributed by atoms with Gasteiger partial charge in [-0.3, -0.25) is 4.79 Å². The summed E-state index contributed by atoms with van der Waals surface area (Å²) in [4.78, 5) is 13.6. The first kappa shape index (κ1) is 17.5. The number of sulfone groups is 1. The van der Waals surface area contributed by atoms with Crippen LogP contribution in [0.1, 0.15) is 22.3 Å². The topological polar surface area (TPSA) is 54.5 Å². The van der Waals surface area contributed by atoms with Crippen LogP contribution in [0.5, 0.6) is 0 Å². The van der Waals surface area contributed by atoms with Crippen LogP contribution in [0.4, 0.5) is 18.9 Å². The molecule has 25 heavy (non-hydrogen) atoms. The Morgan fingerprint density at radius 1 is 1.08 bits per heavy atom. The Labute approximate surface area is 142 Å². The molecular weight excluding hydrogens is 355 g/mol. The molecule has 0 bridgehead atoms. The van der Waals surface area contributed by atoms with Crippen LogP contribution in [0.3, 0.4) is 0 Å². The lowest BCUT2D eigenvalue weighted by atomic mass is 10.0. The predicted octanol–water partition coefficient (Wildman–Crippen LogP) is 3.42. The summed E-state index contributed by atoms with van der Waals surface area (Å²) in [6.07, 6.45) is 1.32. The summed E-state index contributed by atoms with van der Waals surface area (Å²) in [5.41, 5.74) is 1.49. The van der Waals surface area contributed by atoms with E-state index in [0.29, 0.717) is 25.1 Å². The highest BCUT2D eigenvalue weighted by Crippen LogP contribution is 2.29. The summed E-state index contributed by atoms with van der Waals surface area (Å²) < 4.78 is 61.3. The molecule has 0 aliphatic carbocycles. The maximum atomic E-state index is 13.3. The zero-order valence-corrected chi connectivity index (χ0v) is 13.8. The van der Waals surface area contributed by atoms with Crippen molar-refractivity contribution in [2.24, 2.45) is 0 Å². The van der Waals surface area contributed by atoms with Crippen LogP contribution in [-0.4, -0.2) is 26.6 Å². The summed E-state index contributed by atoms with van der Waals surface area (Å²) in [7, 11) is -4.70. The highest BCUT2D eigenvalue weighted by Gasteiger charge is 2.28. The normalized spacial score (nSPS) is 14.5. The van der Waals surface area contributed by atoms with Gasteiger partial charge in [-0.15, -0.1) is 0 Å². The van der Waals surface area contributed by atoms with E-state index in [9.17, 15) is 26.4 Å². The Balaban J connectivity index is 1.90.